The molecule has 3 heterocycles. The van der Waals surface area contributed by atoms with Crippen LogP contribution in [-0.2, 0) is 36.6 Å². The number of nitrogens with zero attached hydrogens (tertiary/aromatic N) is 3. The Balaban J connectivity index is 0.000000324. The molecule has 0 unspecified atom stereocenters. The van der Waals surface area contributed by atoms with E-state index in [0.717, 1.165) is 52.0 Å². The lowest BCUT2D eigenvalue weighted by molar-refractivity contribution is -0.119. The predicted octanol–water partition coefficient (Wildman–Crippen LogP) is 8.58. The molecule has 2 aromatic heterocycles. The van der Waals surface area contributed by atoms with E-state index < -0.39 is 23.4 Å². The van der Waals surface area contributed by atoms with Crippen LogP contribution < -0.4 is 16.4 Å². The summed E-state index contributed by atoms with van der Waals surface area (Å²) in [7, 11) is 0. The number of aldehydes is 1. The largest absolute Gasteiger partial charge is 0.444 e. The second-order valence-electron chi connectivity index (χ2n) is 15.5. The normalized spacial score (nSPS) is 12.1. The van der Waals surface area contributed by atoms with Crippen LogP contribution in [0.5, 0.6) is 0 Å². The molecule has 2 aromatic carbocycles. The molecule has 0 bridgehead atoms. The number of benzene rings is 2. The van der Waals surface area contributed by atoms with Gasteiger partial charge in [0.2, 0.25) is 0 Å². The summed E-state index contributed by atoms with van der Waals surface area (Å²) in [6, 6.07) is 15.1. The monoisotopic (exact) mass is 864 g/mol. The Bertz CT molecular complexity index is 1930. The van der Waals surface area contributed by atoms with Crippen molar-refractivity contribution in [3.63, 3.8) is 0 Å². The average Bonchev–Trinajstić information content (AvgIpc) is 3.99. The van der Waals surface area contributed by atoms with Gasteiger partial charge in [-0.05, 0) is 116 Å². The molecule has 1 aliphatic heterocycles. The zero-order valence-corrected chi connectivity index (χ0v) is 37.6. The third-order valence-corrected chi connectivity index (χ3v) is 9.11. The molecule has 16 heteroatoms. The van der Waals surface area contributed by atoms with E-state index in [-0.39, 0.29) is 24.7 Å². The minimum absolute atomic E-state index is 0.0100. The molecule has 326 valence electrons. The number of aryl methyl sites for hydroxylation is 4. The molecule has 1 fully saturated rings. The standard InChI is InChI=1S/C20H25N3O3S.C15H22N2O3.C5H5NOS.C4H8O/c1-14-23-17(13-27-14)11-21-16-8-5-15(6-9-16)7-10-18(24)12-22-19(25)26-20(2,3)4;1-15(2,3)20-14(19)17-10-13(18)9-6-11-4-7-12(16)8-5-11;1-4-6-5(2-7)3-8-4;1-2-4-5-3-1/h5-6,8-9,11,13H,7,10,12H2,1-4H3,(H,22,25);4-5,7-8H,6,9-10,16H2,1-3H3,(H,17,19);2-3H,1H3;1-4H2. The van der Waals surface area contributed by atoms with E-state index in [1.807, 2.05) is 55.6 Å². The molecule has 0 spiro atoms. The van der Waals surface area contributed by atoms with Gasteiger partial charge in [0, 0.05) is 42.5 Å². The summed E-state index contributed by atoms with van der Waals surface area (Å²) in [5.74, 6) is -0.0745. The van der Waals surface area contributed by atoms with E-state index in [1.54, 1.807) is 76.6 Å². The first-order valence-corrected chi connectivity index (χ1v) is 21.4. The van der Waals surface area contributed by atoms with Gasteiger partial charge in [-0.25, -0.2) is 19.6 Å². The molecule has 14 nitrogen and oxygen atoms in total. The van der Waals surface area contributed by atoms with Crippen molar-refractivity contribution in [2.24, 2.45) is 4.99 Å². The second-order valence-corrected chi connectivity index (χ2v) is 17.6. The highest BCUT2D eigenvalue weighted by molar-refractivity contribution is 7.10. The number of nitrogens with one attached hydrogen (secondary N) is 2. The first-order valence-electron chi connectivity index (χ1n) is 19.6. The molecule has 1 aliphatic rings. The molecule has 0 saturated carbocycles. The van der Waals surface area contributed by atoms with Crippen LogP contribution in [0.2, 0.25) is 0 Å². The van der Waals surface area contributed by atoms with Gasteiger partial charge in [-0.1, -0.05) is 24.3 Å². The van der Waals surface area contributed by atoms with Crippen molar-refractivity contribution in [1.29, 1.82) is 0 Å². The van der Waals surface area contributed by atoms with Crippen LogP contribution in [0.25, 0.3) is 0 Å². The van der Waals surface area contributed by atoms with Crippen LogP contribution in [0.15, 0.2) is 64.3 Å². The van der Waals surface area contributed by atoms with Crippen molar-refractivity contribution >= 4 is 70.3 Å². The summed E-state index contributed by atoms with van der Waals surface area (Å²) in [6.45, 7) is 16.5. The Morgan fingerprint density at radius 1 is 0.733 bits per heavy atom. The number of carbonyl (C=O) groups is 5. The van der Waals surface area contributed by atoms with Crippen LogP contribution in [0.1, 0.15) is 105 Å². The first kappa shape index (κ1) is 50.8. The van der Waals surface area contributed by atoms with Crippen LogP contribution >= 0.6 is 22.7 Å². The fourth-order valence-corrected chi connectivity index (χ4v) is 5.79. The summed E-state index contributed by atoms with van der Waals surface area (Å²) < 4.78 is 15.1. The number of aromatic nitrogens is 2. The summed E-state index contributed by atoms with van der Waals surface area (Å²) in [5, 5.41) is 10.6. The van der Waals surface area contributed by atoms with Gasteiger partial charge in [0.15, 0.2) is 17.9 Å². The first-order chi connectivity index (χ1) is 28.3. The van der Waals surface area contributed by atoms with E-state index >= 15 is 0 Å². The Morgan fingerprint density at radius 2 is 1.17 bits per heavy atom. The Morgan fingerprint density at radius 3 is 1.52 bits per heavy atom. The smallest absolute Gasteiger partial charge is 0.408 e. The number of alkyl carbamates (subject to hydrolysis) is 2. The highest BCUT2D eigenvalue weighted by atomic mass is 32.1. The number of aliphatic imine (C=N–C) groups is 1. The maximum absolute atomic E-state index is 11.9. The topological polar surface area (TPSA) is 201 Å². The van der Waals surface area contributed by atoms with Gasteiger partial charge in [0.05, 0.1) is 40.7 Å². The summed E-state index contributed by atoms with van der Waals surface area (Å²) in [5.41, 5.74) is 9.47. The summed E-state index contributed by atoms with van der Waals surface area (Å²) in [6.07, 6.45) is 5.88. The zero-order valence-electron chi connectivity index (χ0n) is 36.0. The summed E-state index contributed by atoms with van der Waals surface area (Å²) >= 11 is 3.08. The zero-order chi connectivity index (χ0) is 44.6. The molecule has 1 saturated heterocycles. The van der Waals surface area contributed by atoms with Crippen molar-refractivity contribution in [3.05, 3.63) is 91.8 Å². The van der Waals surface area contributed by atoms with Crippen molar-refractivity contribution in [1.82, 2.24) is 20.6 Å². The maximum Gasteiger partial charge on any atom is 0.408 e. The third kappa shape index (κ3) is 25.2. The molecule has 2 amide bonds. The number of nitrogens with two attached hydrogens (primary N) is 1. The fraction of sp³-hybridized carbons (Fsp3) is 0.455. The quantitative estimate of drug-likeness (QED) is 0.0660. The van der Waals surface area contributed by atoms with E-state index in [0.29, 0.717) is 37.1 Å². The molecular formula is C44H60N6O8S2. The molecular weight excluding hydrogens is 805 g/mol. The molecule has 60 heavy (non-hydrogen) atoms. The Labute approximate surface area is 361 Å². The number of hydrogen-bond acceptors (Lipinski definition) is 14. The number of hydrogen-bond donors (Lipinski definition) is 3. The van der Waals surface area contributed by atoms with Crippen molar-refractivity contribution in [3.8, 4) is 0 Å². The predicted molar refractivity (Wildman–Crippen MR) is 239 cm³/mol. The molecule has 5 rings (SSSR count). The van der Waals surface area contributed by atoms with E-state index in [2.05, 4.69) is 25.6 Å². The lowest BCUT2D eigenvalue weighted by Gasteiger charge is -2.19. The van der Waals surface area contributed by atoms with Gasteiger partial charge in [-0.2, -0.15) is 0 Å². The van der Waals surface area contributed by atoms with E-state index in [4.69, 9.17) is 19.9 Å². The van der Waals surface area contributed by atoms with Gasteiger partial charge in [-0.3, -0.25) is 19.4 Å². The maximum atomic E-state index is 11.9. The number of ketones is 2. The van der Waals surface area contributed by atoms with Crippen LogP contribution in [0, 0.1) is 13.8 Å². The molecule has 4 N–H and O–H groups in total. The van der Waals surface area contributed by atoms with Crippen LogP contribution in [0.3, 0.4) is 0 Å². The van der Waals surface area contributed by atoms with Crippen LogP contribution in [0.4, 0.5) is 21.0 Å². The lowest BCUT2D eigenvalue weighted by atomic mass is 10.1. The minimum Gasteiger partial charge on any atom is -0.444 e. The SMILES string of the molecule is C1CCOC1.CC(C)(C)OC(=O)NCC(=O)CCc1ccc(N)cc1.Cc1nc(C=Nc2ccc(CCC(=O)CNC(=O)OC(C)(C)C)cc2)cs1.Cc1nc(C=O)cs1. The Hall–Kier alpha value is -5.32. The fourth-order valence-electron chi connectivity index (χ4n) is 4.67. The molecule has 0 atom stereocenters. The highest BCUT2D eigenvalue weighted by Crippen LogP contribution is 2.16. The number of thiazole rings is 2. The van der Waals surface area contributed by atoms with Crippen molar-refractivity contribution in [2.75, 3.05) is 32.0 Å². The Kier molecular flexibility index (Phi) is 22.6. The average molecular weight is 865 g/mol. The number of anilines is 1. The van der Waals surface area contributed by atoms with E-state index in [1.165, 1.54) is 24.2 Å². The minimum atomic E-state index is -0.576. The third-order valence-electron chi connectivity index (χ3n) is 7.53. The number of carbonyl (C=O) groups excluding carboxylic acids is 5. The van der Waals surface area contributed by atoms with E-state index in [9.17, 15) is 24.0 Å². The number of Topliss-reactive ketones (excluding diaryl/α,β-unsaturated/α-hetero) is 2. The number of rotatable bonds is 13. The second kappa shape index (κ2) is 26.7. The summed E-state index contributed by atoms with van der Waals surface area (Å²) in [4.78, 5) is 69.1. The van der Waals surface area contributed by atoms with Crippen molar-refractivity contribution in [2.45, 2.75) is 105 Å². The van der Waals surface area contributed by atoms with Gasteiger partial charge in [-0.15, -0.1) is 22.7 Å². The number of amides is 2. The molecule has 0 radical (unpaired) electrons. The van der Waals surface area contributed by atoms with Crippen LogP contribution in [-0.4, -0.2) is 83.7 Å². The number of nitrogen functional groups attached to an aromatic ring is 1. The lowest BCUT2D eigenvalue weighted by Crippen LogP contribution is -2.35. The van der Waals surface area contributed by atoms with Gasteiger partial charge in [0.1, 0.15) is 16.9 Å². The number of ether oxygens (including phenoxy) is 3. The van der Waals surface area contributed by atoms with Gasteiger partial charge >= 0.3 is 12.2 Å². The van der Waals surface area contributed by atoms with Crippen molar-refractivity contribution < 1.29 is 38.2 Å². The molecule has 0 aliphatic carbocycles. The molecule has 4 aromatic rings. The highest BCUT2D eigenvalue weighted by Gasteiger charge is 2.17. The van der Waals surface area contributed by atoms with Gasteiger partial charge < -0.3 is 30.6 Å². The van der Waals surface area contributed by atoms with Gasteiger partial charge in [0.25, 0.3) is 0 Å².